The van der Waals surface area contributed by atoms with Crippen LogP contribution in [0.3, 0.4) is 0 Å². The number of aromatic nitrogens is 1. The molecule has 1 aliphatic rings. The maximum Gasteiger partial charge on any atom is 0.208 e. The molecule has 2 N–H and O–H groups in total. The van der Waals surface area contributed by atoms with Gasteiger partial charge < -0.3 is 24.5 Å². The van der Waals surface area contributed by atoms with Crippen LogP contribution in [-0.4, -0.2) is 62.3 Å². The van der Waals surface area contributed by atoms with Crippen LogP contribution in [0.5, 0.6) is 11.5 Å². The zero-order valence-corrected chi connectivity index (χ0v) is 20.0. The Balaban J connectivity index is 1.34. The van der Waals surface area contributed by atoms with Crippen molar-refractivity contribution in [2.45, 2.75) is 46.3 Å². The van der Waals surface area contributed by atoms with Crippen molar-refractivity contribution in [2.24, 2.45) is 10.9 Å². The van der Waals surface area contributed by atoms with Gasteiger partial charge in [0, 0.05) is 19.7 Å². The molecule has 1 aromatic heterocycles. The van der Waals surface area contributed by atoms with Crippen LogP contribution in [0.1, 0.15) is 37.1 Å². The molecule has 0 bridgehead atoms. The van der Waals surface area contributed by atoms with E-state index < -0.39 is 0 Å². The molecule has 1 saturated heterocycles. The van der Waals surface area contributed by atoms with E-state index in [9.17, 15) is 0 Å². The van der Waals surface area contributed by atoms with Crippen LogP contribution < -0.4 is 20.1 Å². The summed E-state index contributed by atoms with van der Waals surface area (Å²) < 4.78 is 16.9. The van der Waals surface area contributed by atoms with Crippen molar-refractivity contribution in [3.05, 3.63) is 41.6 Å². The summed E-state index contributed by atoms with van der Waals surface area (Å²) in [6, 6.07) is 7.65. The first-order valence-corrected chi connectivity index (χ1v) is 11.4. The first-order valence-electron chi connectivity index (χ1n) is 11.4. The Hall–Kier alpha value is -2.74. The summed E-state index contributed by atoms with van der Waals surface area (Å²) in [5, 5.41) is 6.82. The first kappa shape index (κ1) is 23.9. The second-order valence-electron chi connectivity index (χ2n) is 8.41. The lowest BCUT2D eigenvalue weighted by molar-refractivity contribution is 0.164. The number of rotatable bonds is 9. The third-order valence-electron chi connectivity index (χ3n) is 5.86. The lowest BCUT2D eigenvalue weighted by Gasteiger charge is -2.31. The van der Waals surface area contributed by atoms with Gasteiger partial charge in [0.05, 0.1) is 25.9 Å². The van der Waals surface area contributed by atoms with Gasteiger partial charge in [-0.3, -0.25) is 9.89 Å². The maximum atomic E-state index is 5.97. The predicted molar refractivity (Wildman–Crippen MR) is 126 cm³/mol. The number of hydrogen-bond donors (Lipinski definition) is 2. The van der Waals surface area contributed by atoms with Crippen LogP contribution in [0.25, 0.3) is 0 Å². The third-order valence-corrected chi connectivity index (χ3v) is 5.86. The van der Waals surface area contributed by atoms with E-state index >= 15 is 0 Å². The molecule has 1 unspecified atom stereocenters. The van der Waals surface area contributed by atoms with E-state index in [2.05, 4.69) is 25.5 Å². The van der Waals surface area contributed by atoms with Crippen molar-refractivity contribution in [1.29, 1.82) is 0 Å². The Labute approximate surface area is 191 Å². The molecule has 0 amide bonds. The second kappa shape index (κ2) is 11.8. The first-order chi connectivity index (χ1) is 15.5. The fourth-order valence-corrected chi connectivity index (χ4v) is 3.80. The molecule has 1 atom stereocenters. The molecular formula is C24H37N5O3. The van der Waals surface area contributed by atoms with E-state index in [0.717, 1.165) is 73.8 Å². The number of aliphatic imine (C=N–C) groups is 1. The van der Waals surface area contributed by atoms with Gasteiger partial charge in [0.15, 0.2) is 5.96 Å². The summed E-state index contributed by atoms with van der Waals surface area (Å²) in [6.07, 6.45) is 2.29. The van der Waals surface area contributed by atoms with E-state index in [1.54, 1.807) is 14.2 Å². The highest BCUT2D eigenvalue weighted by atomic mass is 16.5. The minimum Gasteiger partial charge on any atom is -0.497 e. The van der Waals surface area contributed by atoms with Crippen molar-refractivity contribution in [2.75, 3.05) is 40.3 Å². The highest BCUT2D eigenvalue weighted by Crippen LogP contribution is 2.20. The Bertz CT molecular complexity index is 855. The van der Waals surface area contributed by atoms with Crippen LogP contribution in [0.4, 0.5) is 0 Å². The van der Waals surface area contributed by atoms with Gasteiger partial charge in [0.2, 0.25) is 5.89 Å². The molecule has 0 spiro atoms. The number of oxazole rings is 1. The smallest absolute Gasteiger partial charge is 0.208 e. The van der Waals surface area contributed by atoms with Gasteiger partial charge in [-0.15, -0.1) is 0 Å². The van der Waals surface area contributed by atoms with Crippen molar-refractivity contribution in [3.8, 4) is 11.5 Å². The van der Waals surface area contributed by atoms with Gasteiger partial charge >= 0.3 is 0 Å². The van der Waals surface area contributed by atoms with E-state index in [1.807, 2.05) is 45.0 Å². The molecule has 32 heavy (non-hydrogen) atoms. The number of methoxy groups -OCH3 is 1. The van der Waals surface area contributed by atoms with Gasteiger partial charge in [-0.05, 0) is 64.8 Å². The normalized spacial score (nSPS) is 16.6. The van der Waals surface area contributed by atoms with Crippen LogP contribution in [-0.2, 0) is 6.54 Å². The fourth-order valence-electron chi connectivity index (χ4n) is 3.80. The lowest BCUT2D eigenvalue weighted by Crippen LogP contribution is -2.45. The van der Waals surface area contributed by atoms with Crippen molar-refractivity contribution < 1.29 is 13.9 Å². The number of guanidine groups is 1. The minimum absolute atomic E-state index is 0.00798. The number of aryl methyl sites for hydroxylation is 2. The van der Waals surface area contributed by atoms with Gasteiger partial charge in [0.25, 0.3) is 0 Å². The van der Waals surface area contributed by atoms with Crippen molar-refractivity contribution in [1.82, 2.24) is 20.5 Å². The largest absolute Gasteiger partial charge is 0.497 e. The van der Waals surface area contributed by atoms with Crippen molar-refractivity contribution in [3.63, 3.8) is 0 Å². The number of ether oxygens (including phenoxy) is 2. The lowest BCUT2D eigenvalue weighted by atomic mass is 9.97. The zero-order valence-electron chi connectivity index (χ0n) is 20.0. The third kappa shape index (κ3) is 7.15. The summed E-state index contributed by atoms with van der Waals surface area (Å²) in [6.45, 7) is 10.5. The Morgan fingerprint density at radius 3 is 2.66 bits per heavy atom. The van der Waals surface area contributed by atoms with E-state index in [1.165, 1.54) is 0 Å². The summed E-state index contributed by atoms with van der Waals surface area (Å²) in [5.41, 5.74) is 0.987. The van der Waals surface area contributed by atoms with Crippen LogP contribution in [0.2, 0.25) is 0 Å². The summed E-state index contributed by atoms with van der Waals surface area (Å²) in [4.78, 5) is 11.3. The highest BCUT2D eigenvalue weighted by molar-refractivity contribution is 5.79. The summed E-state index contributed by atoms with van der Waals surface area (Å²) in [7, 11) is 3.45. The van der Waals surface area contributed by atoms with E-state index in [0.29, 0.717) is 12.5 Å². The van der Waals surface area contributed by atoms with Crippen molar-refractivity contribution >= 4 is 5.96 Å². The van der Waals surface area contributed by atoms with Crippen LogP contribution in [0.15, 0.2) is 33.7 Å². The molecule has 2 heterocycles. The molecule has 3 rings (SSSR count). The van der Waals surface area contributed by atoms with E-state index in [-0.39, 0.29) is 6.10 Å². The quantitative estimate of drug-likeness (QED) is 0.455. The topological polar surface area (TPSA) is 84.2 Å². The standard InChI is InChI=1S/C24H37N5O3/c1-17(31-22-8-6-7-21(13-22)30-5)14-26-24(25-4)27-15-20-9-11-29(12-10-20)16-23-28-18(2)19(3)32-23/h6-8,13,17,20H,9-12,14-16H2,1-5H3,(H2,25,26,27). The molecule has 2 aromatic rings. The Kier molecular flexibility index (Phi) is 8.79. The SMILES string of the molecule is CN=C(NCC1CCN(Cc2nc(C)c(C)o2)CC1)NCC(C)Oc1cccc(OC)c1. The second-order valence-corrected chi connectivity index (χ2v) is 8.41. The number of hydrogen-bond acceptors (Lipinski definition) is 6. The number of nitrogens with zero attached hydrogens (tertiary/aromatic N) is 3. The molecule has 1 fully saturated rings. The number of piperidine rings is 1. The van der Waals surface area contributed by atoms with Gasteiger partial charge in [-0.1, -0.05) is 6.07 Å². The monoisotopic (exact) mass is 443 g/mol. The molecule has 176 valence electrons. The molecule has 8 heteroatoms. The number of nitrogens with one attached hydrogen (secondary N) is 2. The molecular weight excluding hydrogens is 406 g/mol. The predicted octanol–water partition coefficient (Wildman–Crippen LogP) is 3.14. The molecule has 1 aromatic carbocycles. The summed E-state index contributed by atoms with van der Waals surface area (Å²) in [5.74, 6) is 4.76. The maximum absolute atomic E-state index is 5.97. The average Bonchev–Trinajstić information content (AvgIpc) is 3.11. The minimum atomic E-state index is -0.00798. The number of likely N-dealkylation sites (tertiary alicyclic amines) is 1. The van der Waals surface area contributed by atoms with E-state index in [4.69, 9.17) is 13.9 Å². The number of benzene rings is 1. The average molecular weight is 444 g/mol. The molecule has 0 aliphatic carbocycles. The summed E-state index contributed by atoms with van der Waals surface area (Å²) >= 11 is 0. The molecule has 0 radical (unpaired) electrons. The molecule has 0 saturated carbocycles. The van der Waals surface area contributed by atoms with Gasteiger partial charge in [-0.25, -0.2) is 4.98 Å². The van der Waals surface area contributed by atoms with Crippen LogP contribution >= 0.6 is 0 Å². The van der Waals surface area contributed by atoms with Gasteiger partial charge in [-0.2, -0.15) is 0 Å². The van der Waals surface area contributed by atoms with Crippen LogP contribution in [0, 0.1) is 19.8 Å². The molecule has 8 nitrogen and oxygen atoms in total. The Morgan fingerprint density at radius 1 is 1.25 bits per heavy atom. The van der Waals surface area contributed by atoms with Gasteiger partial charge in [0.1, 0.15) is 23.4 Å². The Morgan fingerprint density at radius 2 is 2.00 bits per heavy atom. The zero-order chi connectivity index (χ0) is 22.9. The highest BCUT2D eigenvalue weighted by Gasteiger charge is 2.21. The fraction of sp³-hybridized carbons (Fsp3) is 0.583. The molecule has 1 aliphatic heterocycles.